The van der Waals surface area contributed by atoms with Gasteiger partial charge in [-0.25, -0.2) is 24.2 Å². The van der Waals surface area contributed by atoms with Gasteiger partial charge in [-0.3, -0.25) is 4.79 Å². The number of nitrogens with zero attached hydrogens (tertiary/aromatic N) is 3. The first-order valence-corrected chi connectivity index (χ1v) is 8.38. The lowest BCUT2D eigenvalue weighted by Crippen LogP contribution is -2.38. The Balaban J connectivity index is 1.84. The molecular weight excluding hydrogens is 410 g/mol. The molecule has 0 saturated heterocycles. The third-order valence-corrected chi connectivity index (χ3v) is 4.33. The molecule has 2 aromatic carbocycles. The predicted molar refractivity (Wildman–Crippen MR) is 98.8 cm³/mol. The second kappa shape index (κ2) is 6.83. The van der Waals surface area contributed by atoms with Gasteiger partial charge in [-0.2, -0.15) is 18.3 Å². The summed E-state index contributed by atoms with van der Waals surface area (Å²) < 4.78 is 52.5. The maximum absolute atomic E-state index is 14.4. The molecule has 8 nitrogen and oxygen atoms in total. The molecule has 0 saturated carbocycles. The molecule has 4 rings (SSSR count). The van der Waals surface area contributed by atoms with Crippen LogP contribution in [-0.4, -0.2) is 44.1 Å². The van der Waals surface area contributed by atoms with E-state index in [1.807, 2.05) is 0 Å². The highest BCUT2D eigenvalue weighted by Crippen LogP contribution is 2.30. The summed E-state index contributed by atoms with van der Waals surface area (Å²) in [5.41, 5.74) is 0.250. The fourth-order valence-corrected chi connectivity index (χ4v) is 3.07. The summed E-state index contributed by atoms with van der Waals surface area (Å²) in [6, 6.07) is 8.29. The van der Waals surface area contributed by atoms with Crippen molar-refractivity contribution in [1.82, 2.24) is 20.2 Å². The zero-order valence-corrected chi connectivity index (χ0v) is 14.8. The molecule has 30 heavy (non-hydrogen) atoms. The molecule has 3 N–H and O–H groups in total. The largest absolute Gasteiger partial charge is 0.465 e. The van der Waals surface area contributed by atoms with Gasteiger partial charge in [0.15, 0.2) is 0 Å². The molecular formula is C18H11F4N5O3. The van der Waals surface area contributed by atoms with Crippen molar-refractivity contribution in [1.29, 1.82) is 0 Å². The molecule has 12 heteroatoms. The van der Waals surface area contributed by atoms with Crippen LogP contribution in [-0.2, 0) is 0 Å². The molecule has 0 aliphatic heterocycles. The Morgan fingerprint density at radius 2 is 1.97 bits per heavy atom. The van der Waals surface area contributed by atoms with Crippen LogP contribution in [0.4, 0.5) is 28.3 Å². The van der Waals surface area contributed by atoms with Crippen molar-refractivity contribution >= 4 is 33.8 Å². The number of nitrogens with one attached hydrogen (secondary N) is 2. The summed E-state index contributed by atoms with van der Waals surface area (Å²) in [4.78, 5) is 29.6. The normalized spacial score (nSPS) is 11.9. The van der Waals surface area contributed by atoms with E-state index in [4.69, 9.17) is 5.11 Å². The van der Waals surface area contributed by atoms with Crippen LogP contribution in [0.3, 0.4) is 0 Å². The summed E-state index contributed by atoms with van der Waals surface area (Å²) in [5.74, 6) is -1.19. The summed E-state index contributed by atoms with van der Waals surface area (Å²) in [5, 5.41) is 15.3. The molecule has 0 unspecified atom stereocenters. The standard InChI is InChI=1S/C18H11F4N5O3/c19-10-3-1-2-9-13(10)14(25-26-15(9)28)8-4-5-11-12(6-8)24-16(23-11)27(17(29)30)7-18(20,21)22/h1-6H,7H2,(H,23,24)(H,26,28)(H,29,30). The molecule has 0 aliphatic rings. The van der Waals surface area contributed by atoms with E-state index in [1.54, 1.807) is 0 Å². The molecule has 0 aliphatic carbocycles. The van der Waals surface area contributed by atoms with E-state index in [1.165, 1.54) is 36.4 Å². The van der Waals surface area contributed by atoms with Crippen molar-refractivity contribution in [3.8, 4) is 11.3 Å². The Morgan fingerprint density at radius 1 is 1.20 bits per heavy atom. The van der Waals surface area contributed by atoms with Crippen LogP contribution >= 0.6 is 0 Å². The highest BCUT2D eigenvalue weighted by Gasteiger charge is 2.35. The molecule has 0 spiro atoms. The van der Waals surface area contributed by atoms with E-state index < -0.39 is 36.1 Å². The van der Waals surface area contributed by atoms with E-state index in [0.717, 1.165) is 0 Å². The average Bonchev–Trinajstić information content (AvgIpc) is 3.09. The van der Waals surface area contributed by atoms with Crippen molar-refractivity contribution in [2.45, 2.75) is 6.18 Å². The molecule has 2 heterocycles. The minimum Gasteiger partial charge on any atom is -0.465 e. The number of rotatable bonds is 3. The van der Waals surface area contributed by atoms with Crippen LogP contribution in [0, 0.1) is 5.82 Å². The van der Waals surface area contributed by atoms with Gasteiger partial charge in [0.25, 0.3) is 5.56 Å². The Morgan fingerprint density at radius 3 is 2.67 bits per heavy atom. The summed E-state index contributed by atoms with van der Waals surface area (Å²) in [6.45, 7) is -1.74. The lowest BCUT2D eigenvalue weighted by molar-refractivity contribution is -0.119. The van der Waals surface area contributed by atoms with E-state index in [0.29, 0.717) is 5.56 Å². The van der Waals surface area contributed by atoms with Gasteiger partial charge in [0.05, 0.1) is 21.8 Å². The van der Waals surface area contributed by atoms with E-state index >= 15 is 0 Å². The third-order valence-electron chi connectivity index (χ3n) is 4.33. The number of amides is 1. The van der Waals surface area contributed by atoms with Crippen molar-refractivity contribution in [2.75, 3.05) is 11.4 Å². The van der Waals surface area contributed by atoms with Gasteiger partial charge in [0.2, 0.25) is 5.95 Å². The first kappa shape index (κ1) is 19.4. The quantitative estimate of drug-likeness (QED) is 0.437. The highest BCUT2D eigenvalue weighted by molar-refractivity contribution is 5.96. The first-order valence-electron chi connectivity index (χ1n) is 8.38. The number of hydrogen-bond acceptors (Lipinski definition) is 4. The molecule has 0 atom stereocenters. The number of anilines is 1. The molecule has 0 bridgehead atoms. The maximum atomic E-state index is 14.4. The SMILES string of the molecule is O=C(O)N(CC(F)(F)F)c1nc2ccc(-c3n[nH]c(=O)c4cccc(F)c34)cc2[nH]1. The number of aromatic nitrogens is 4. The number of imidazole rings is 1. The van der Waals surface area contributed by atoms with Crippen LogP contribution < -0.4 is 10.5 Å². The van der Waals surface area contributed by atoms with Gasteiger partial charge in [-0.1, -0.05) is 12.1 Å². The number of carboxylic acid groups (broad SMARTS) is 1. The molecule has 1 amide bonds. The van der Waals surface area contributed by atoms with Crippen molar-refractivity contribution in [3.05, 3.63) is 52.6 Å². The number of fused-ring (bicyclic) bond motifs is 2. The van der Waals surface area contributed by atoms with E-state index in [2.05, 4.69) is 20.2 Å². The Bertz CT molecular complexity index is 1350. The number of H-pyrrole nitrogens is 2. The fraction of sp³-hybridized carbons (Fsp3) is 0.111. The van der Waals surface area contributed by atoms with Gasteiger partial charge in [0.1, 0.15) is 18.1 Å². The molecule has 2 aromatic heterocycles. The maximum Gasteiger partial charge on any atom is 0.414 e. The van der Waals surface area contributed by atoms with Gasteiger partial charge in [0, 0.05) is 5.56 Å². The van der Waals surface area contributed by atoms with Crippen molar-refractivity contribution in [3.63, 3.8) is 0 Å². The molecule has 0 fully saturated rings. The fourth-order valence-electron chi connectivity index (χ4n) is 3.07. The minimum atomic E-state index is -4.77. The molecule has 4 aromatic rings. The lowest BCUT2D eigenvalue weighted by atomic mass is 10.0. The lowest BCUT2D eigenvalue weighted by Gasteiger charge is -2.17. The number of carbonyl (C=O) groups is 1. The number of benzene rings is 2. The van der Waals surface area contributed by atoms with Crippen molar-refractivity contribution in [2.24, 2.45) is 0 Å². The number of hydrogen-bond donors (Lipinski definition) is 3. The zero-order valence-electron chi connectivity index (χ0n) is 14.8. The number of aromatic amines is 2. The van der Waals surface area contributed by atoms with Crippen LogP contribution in [0.15, 0.2) is 41.2 Å². The molecule has 0 radical (unpaired) electrons. The van der Waals surface area contributed by atoms with Crippen LogP contribution in [0.5, 0.6) is 0 Å². The van der Waals surface area contributed by atoms with Gasteiger partial charge in [-0.15, -0.1) is 0 Å². The first-order chi connectivity index (χ1) is 14.1. The third kappa shape index (κ3) is 3.43. The summed E-state index contributed by atoms with van der Waals surface area (Å²) >= 11 is 0. The van der Waals surface area contributed by atoms with Gasteiger partial charge in [-0.05, 0) is 24.3 Å². The summed E-state index contributed by atoms with van der Waals surface area (Å²) in [7, 11) is 0. The highest BCUT2D eigenvalue weighted by atomic mass is 19.4. The summed E-state index contributed by atoms with van der Waals surface area (Å²) in [6.07, 6.45) is -6.60. The Labute approximate surface area is 163 Å². The smallest absolute Gasteiger partial charge is 0.414 e. The monoisotopic (exact) mass is 421 g/mol. The number of halogens is 4. The van der Waals surface area contributed by atoms with Crippen molar-refractivity contribution < 1.29 is 27.5 Å². The van der Waals surface area contributed by atoms with Crippen LogP contribution in [0.1, 0.15) is 0 Å². The average molecular weight is 421 g/mol. The topological polar surface area (TPSA) is 115 Å². The minimum absolute atomic E-state index is 0.0235. The Kier molecular flexibility index (Phi) is 4.41. The zero-order chi connectivity index (χ0) is 21.6. The number of alkyl halides is 3. The van der Waals surface area contributed by atoms with E-state index in [-0.39, 0.29) is 32.4 Å². The molecule has 154 valence electrons. The second-order valence-electron chi connectivity index (χ2n) is 6.34. The van der Waals surface area contributed by atoms with Crippen LogP contribution in [0.2, 0.25) is 0 Å². The predicted octanol–water partition coefficient (Wildman–Crippen LogP) is 3.65. The van der Waals surface area contributed by atoms with Gasteiger partial charge >= 0.3 is 12.3 Å². The van der Waals surface area contributed by atoms with Gasteiger partial charge < -0.3 is 10.1 Å². The van der Waals surface area contributed by atoms with E-state index in [9.17, 15) is 27.2 Å². The second-order valence-corrected chi connectivity index (χ2v) is 6.34. The Hall–Kier alpha value is -3.96. The van der Waals surface area contributed by atoms with Crippen LogP contribution in [0.25, 0.3) is 33.1 Å².